The average Bonchev–Trinajstić information content (AvgIpc) is 2.67. The highest BCUT2D eigenvalue weighted by Crippen LogP contribution is 2.25. The number of nitrogens with zero attached hydrogens (tertiary/aromatic N) is 1. The molecule has 0 radical (unpaired) electrons. The van der Waals surface area contributed by atoms with Crippen LogP contribution in [-0.4, -0.2) is 37.1 Å². The molecule has 2 aromatic rings. The number of ether oxygens (including phenoxy) is 2. The minimum atomic E-state index is -0.994. The number of esters is 1. The number of carbonyl (C=O) groups is 2. The van der Waals surface area contributed by atoms with Crippen molar-refractivity contribution in [1.82, 2.24) is 5.32 Å². The van der Waals surface area contributed by atoms with E-state index in [0.717, 1.165) is 6.07 Å². The topological polar surface area (TPSA) is 108 Å². The van der Waals surface area contributed by atoms with Gasteiger partial charge in [-0.05, 0) is 23.8 Å². The van der Waals surface area contributed by atoms with Crippen molar-refractivity contribution >= 4 is 29.2 Å². The highest BCUT2D eigenvalue weighted by atomic mass is 35.5. The fourth-order valence-corrected chi connectivity index (χ4v) is 2.69. The number of carbonyl (C=O) groups excluding carboxylic acids is 2. The molecule has 0 aliphatic rings. The second-order valence-electron chi connectivity index (χ2n) is 5.53. The van der Waals surface area contributed by atoms with Gasteiger partial charge in [-0.2, -0.15) is 0 Å². The predicted octanol–water partition coefficient (Wildman–Crippen LogP) is 2.77. The lowest BCUT2D eigenvalue weighted by atomic mass is 10.0. The number of nitro groups is 1. The maximum Gasteiger partial charge on any atom is 0.328 e. The standard InChI is InChI=1S/C18H17ClN2O6/c1-26-16-7-6-11(8-14(16)19)9-15(18(23)27-2)20-17(22)12-4-3-5-13(10-12)21(24)25/h3-8,10,15H,9H2,1-2H3,(H,20,22)/t15-/m0/s1. The van der Waals surface area contributed by atoms with Crippen LogP contribution in [0.5, 0.6) is 5.75 Å². The van der Waals surface area contributed by atoms with Crippen LogP contribution in [0.15, 0.2) is 42.5 Å². The minimum Gasteiger partial charge on any atom is -0.495 e. The molecule has 0 saturated heterocycles. The number of nitro benzene ring substituents is 1. The van der Waals surface area contributed by atoms with Crippen molar-refractivity contribution in [3.63, 3.8) is 0 Å². The normalized spacial score (nSPS) is 11.4. The van der Waals surface area contributed by atoms with Gasteiger partial charge in [0.25, 0.3) is 11.6 Å². The molecule has 0 bridgehead atoms. The van der Waals surface area contributed by atoms with E-state index in [4.69, 9.17) is 21.1 Å². The van der Waals surface area contributed by atoms with Crippen molar-refractivity contribution < 1.29 is 24.0 Å². The summed E-state index contributed by atoms with van der Waals surface area (Å²) >= 11 is 6.08. The summed E-state index contributed by atoms with van der Waals surface area (Å²) in [5, 5.41) is 13.8. The molecule has 8 nitrogen and oxygen atoms in total. The zero-order chi connectivity index (χ0) is 20.0. The van der Waals surface area contributed by atoms with E-state index in [0.29, 0.717) is 16.3 Å². The van der Waals surface area contributed by atoms with Gasteiger partial charge >= 0.3 is 5.97 Å². The first-order valence-corrected chi connectivity index (χ1v) is 8.19. The van der Waals surface area contributed by atoms with Gasteiger partial charge in [-0.25, -0.2) is 4.79 Å². The number of hydrogen-bond acceptors (Lipinski definition) is 6. The van der Waals surface area contributed by atoms with Gasteiger partial charge in [0, 0.05) is 24.1 Å². The van der Waals surface area contributed by atoms with Crippen LogP contribution in [-0.2, 0) is 16.0 Å². The molecule has 0 aliphatic heterocycles. The van der Waals surface area contributed by atoms with Crippen LogP contribution in [0.25, 0.3) is 0 Å². The van der Waals surface area contributed by atoms with Gasteiger partial charge in [0.15, 0.2) is 0 Å². The van der Waals surface area contributed by atoms with E-state index >= 15 is 0 Å². The van der Waals surface area contributed by atoms with Crippen LogP contribution in [0, 0.1) is 10.1 Å². The van der Waals surface area contributed by atoms with Gasteiger partial charge in [0.2, 0.25) is 0 Å². The van der Waals surface area contributed by atoms with E-state index < -0.39 is 22.8 Å². The molecule has 2 rings (SSSR count). The van der Waals surface area contributed by atoms with Crippen LogP contribution in [0.3, 0.4) is 0 Å². The number of non-ortho nitro benzene ring substituents is 1. The van der Waals surface area contributed by atoms with Crippen molar-refractivity contribution in [2.24, 2.45) is 0 Å². The zero-order valence-corrected chi connectivity index (χ0v) is 15.4. The first kappa shape index (κ1) is 20.2. The molecule has 0 saturated carbocycles. The number of rotatable bonds is 7. The maximum atomic E-state index is 12.4. The van der Waals surface area contributed by atoms with Gasteiger partial charge in [-0.15, -0.1) is 0 Å². The van der Waals surface area contributed by atoms with E-state index in [-0.39, 0.29) is 17.7 Å². The van der Waals surface area contributed by atoms with Crippen LogP contribution >= 0.6 is 11.6 Å². The van der Waals surface area contributed by atoms with Crippen LogP contribution in [0.2, 0.25) is 5.02 Å². The van der Waals surface area contributed by atoms with E-state index in [1.807, 2.05) is 0 Å². The van der Waals surface area contributed by atoms with Crippen molar-refractivity contribution in [3.8, 4) is 5.75 Å². The monoisotopic (exact) mass is 392 g/mol. The lowest BCUT2D eigenvalue weighted by Gasteiger charge is -2.17. The third-order valence-electron chi connectivity index (χ3n) is 3.77. The Morgan fingerprint density at radius 1 is 1.22 bits per heavy atom. The summed E-state index contributed by atoms with van der Waals surface area (Å²) in [6, 6.07) is 9.20. The smallest absolute Gasteiger partial charge is 0.328 e. The number of amides is 1. The summed E-state index contributed by atoms with van der Waals surface area (Å²) in [5.41, 5.74) is 0.514. The van der Waals surface area contributed by atoms with Crippen LogP contribution < -0.4 is 10.1 Å². The molecule has 1 amide bonds. The number of methoxy groups -OCH3 is 2. The summed E-state index contributed by atoms with van der Waals surface area (Å²) in [6.07, 6.45) is 0.122. The summed E-state index contributed by atoms with van der Waals surface area (Å²) < 4.78 is 9.82. The van der Waals surface area contributed by atoms with Gasteiger partial charge < -0.3 is 14.8 Å². The molecule has 142 valence electrons. The molecule has 0 unspecified atom stereocenters. The van der Waals surface area contributed by atoms with Gasteiger partial charge in [-0.3, -0.25) is 14.9 Å². The zero-order valence-electron chi connectivity index (χ0n) is 14.6. The third-order valence-corrected chi connectivity index (χ3v) is 4.06. The molecule has 9 heteroatoms. The molecule has 27 heavy (non-hydrogen) atoms. The van der Waals surface area contributed by atoms with Crippen molar-refractivity contribution in [2.75, 3.05) is 14.2 Å². The minimum absolute atomic E-state index is 0.0610. The van der Waals surface area contributed by atoms with E-state index in [9.17, 15) is 19.7 Å². The predicted molar refractivity (Wildman–Crippen MR) is 98.1 cm³/mol. The Labute approximate surface area is 160 Å². The number of halogens is 1. The molecule has 1 atom stereocenters. The lowest BCUT2D eigenvalue weighted by molar-refractivity contribution is -0.384. The molecular formula is C18H17ClN2O6. The second-order valence-corrected chi connectivity index (χ2v) is 5.94. The third kappa shape index (κ3) is 5.18. The fraction of sp³-hybridized carbons (Fsp3) is 0.222. The quantitative estimate of drug-likeness (QED) is 0.441. The molecule has 0 spiro atoms. The summed E-state index contributed by atoms with van der Waals surface area (Å²) in [6.45, 7) is 0. The Kier molecular flexibility index (Phi) is 6.73. The largest absolute Gasteiger partial charge is 0.495 e. The summed E-state index contributed by atoms with van der Waals surface area (Å²) in [7, 11) is 2.69. The van der Waals surface area contributed by atoms with Crippen molar-refractivity contribution in [1.29, 1.82) is 0 Å². The van der Waals surface area contributed by atoms with Crippen LogP contribution in [0.4, 0.5) is 5.69 Å². The van der Waals surface area contributed by atoms with E-state index in [2.05, 4.69) is 5.32 Å². The van der Waals surface area contributed by atoms with Gasteiger partial charge in [0.1, 0.15) is 11.8 Å². The molecular weight excluding hydrogens is 376 g/mol. The highest BCUT2D eigenvalue weighted by Gasteiger charge is 2.23. The Balaban J connectivity index is 2.20. The Morgan fingerprint density at radius 2 is 1.96 bits per heavy atom. The average molecular weight is 393 g/mol. The van der Waals surface area contributed by atoms with Gasteiger partial charge in [-0.1, -0.05) is 23.7 Å². The SMILES string of the molecule is COC(=O)[C@H](Cc1ccc(OC)c(Cl)c1)NC(=O)c1cccc([N+](=O)[O-])c1. The maximum absolute atomic E-state index is 12.4. The van der Waals surface area contributed by atoms with Crippen LogP contribution in [0.1, 0.15) is 15.9 Å². The van der Waals surface area contributed by atoms with Gasteiger partial charge in [0.05, 0.1) is 24.2 Å². The van der Waals surface area contributed by atoms with E-state index in [1.165, 1.54) is 32.4 Å². The molecule has 0 aromatic heterocycles. The van der Waals surface area contributed by atoms with Crippen molar-refractivity contribution in [2.45, 2.75) is 12.5 Å². The molecule has 0 aliphatic carbocycles. The second kappa shape index (κ2) is 9.00. The summed E-state index contributed by atoms with van der Waals surface area (Å²) in [5.74, 6) is -0.801. The summed E-state index contributed by atoms with van der Waals surface area (Å²) in [4.78, 5) is 34.7. The number of hydrogen-bond donors (Lipinski definition) is 1. The Morgan fingerprint density at radius 3 is 2.56 bits per heavy atom. The highest BCUT2D eigenvalue weighted by molar-refractivity contribution is 6.32. The molecule has 2 aromatic carbocycles. The lowest BCUT2D eigenvalue weighted by Crippen LogP contribution is -2.43. The first-order valence-electron chi connectivity index (χ1n) is 7.81. The number of benzene rings is 2. The Hall–Kier alpha value is -3.13. The van der Waals surface area contributed by atoms with E-state index in [1.54, 1.807) is 18.2 Å². The fourth-order valence-electron chi connectivity index (χ4n) is 2.41. The molecule has 1 N–H and O–H groups in total. The first-order chi connectivity index (χ1) is 12.8. The van der Waals surface area contributed by atoms with Crippen molar-refractivity contribution in [3.05, 3.63) is 68.7 Å². The number of nitrogens with one attached hydrogen (secondary N) is 1. The molecule has 0 heterocycles. The Bertz CT molecular complexity index is 871. The molecule has 0 fully saturated rings.